The van der Waals surface area contributed by atoms with Crippen LogP contribution in [0.5, 0.6) is 23.5 Å². The van der Waals surface area contributed by atoms with Crippen molar-refractivity contribution in [3.05, 3.63) is 92.0 Å². The first-order valence-corrected chi connectivity index (χ1v) is 19.4. The minimum atomic E-state index is -0.714. The van der Waals surface area contributed by atoms with E-state index < -0.39 is 22.8 Å². The maximum Gasteiger partial charge on any atom is 0.309 e. The topological polar surface area (TPSA) is 161 Å². The number of carbonyl (C=O) groups is 2. The third kappa shape index (κ3) is 6.50. The van der Waals surface area contributed by atoms with E-state index in [0.717, 1.165) is 44.5 Å². The maximum absolute atomic E-state index is 11.5. The van der Waals surface area contributed by atoms with E-state index in [9.17, 15) is 19.8 Å². The predicted octanol–water partition coefficient (Wildman–Crippen LogP) is 7.44. The second kappa shape index (κ2) is 14.1. The molecule has 4 bridgehead atoms. The number of pyridine rings is 2. The van der Waals surface area contributed by atoms with Crippen molar-refractivity contribution in [3.8, 4) is 34.6 Å². The molecule has 10 rings (SSSR count). The number of nitrogens with zero attached hydrogens (tertiary/aromatic N) is 2. The van der Waals surface area contributed by atoms with E-state index in [1.807, 2.05) is 24.3 Å². The summed E-state index contributed by atoms with van der Waals surface area (Å²) in [7, 11) is 3.10. The van der Waals surface area contributed by atoms with E-state index >= 15 is 0 Å². The van der Waals surface area contributed by atoms with Gasteiger partial charge in [-0.3, -0.25) is 9.59 Å². The number of hydrogen-bond acceptors (Lipinski definition) is 10. The SMILES string of the molecule is COc1nc(OCc2cccc(-c3cccc(COc4nc(OC)c(CNC56CC(C(=O)O)(C5)C6)cc4Cl)c3C)c2C)c(Cl)cc1CNC12CC(C(=O)O)(C1)C2. The highest BCUT2D eigenvalue weighted by molar-refractivity contribution is 6.32. The molecule has 0 saturated heterocycles. The largest absolute Gasteiger partial charge is 0.481 e. The molecular weight excluding hydrogens is 759 g/mol. The predicted molar refractivity (Wildman–Crippen MR) is 209 cm³/mol. The zero-order chi connectivity index (χ0) is 39.6. The Kier molecular flexibility index (Phi) is 9.63. The summed E-state index contributed by atoms with van der Waals surface area (Å²) in [5.41, 5.74) is 6.28. The summed E-state index contributed by atoms with van der Waals surface area (Å²) in [6, 6.07) is 15.8. The fourth-order valence-corrected chi connectivity index (χ4v) is 9.78. The molecule has 0 radical (unpaired) electrons. The number of rotatable bonds is 17. The van der Waals surface area contributed by atoms with Gasteiger partial charge in [-0.05, 0) is 97.9 Å². The van der Waals surface area contributed by atoms with Gasteiger partial charge >= 0.3 is 11.9 Å². The quantitative estimate of drug-likeness (QED) is 0.0837. The van der Waals surface area contributed by atoms with E-state index in [1.165, 1.54) is 0 Å². The summed E-state index contributed by atoms with van der Waals surface area (Å²) in [5, 5.41) is 26.6. The first-order chi connectivity index (χ1) is 26.7. The highest BCUT2D eigenvalue weighted by Crippen LogP contribution is 2.68. The number of halogens is 2. The molecule has 4 N–H and O–H groups in total. The van der Waals surface area contributed by atoms with Crippen molar-refractivity contribution in [1.29, 1.82) is 0 Å². The van der Waals surface area contributed by atoms with Crippen molar-refractivity contribution in [2.45, 2.75) is 89.8 Å². The maximum atomic E-state index is 11.5. The van der Waals surface area contributed by atoms with Gasteiger partial charge in [-0.1, -0.05) is 59.6 Å². The number of ether oxygens (including phenoxy) is 4. The number of benzene rings is 2. The monoisotopic (exact) mass is 802 g/mol. The zero-order valence-corrected chi connectivity index (χ0v) is 33.2. The molecule has 2 aromatic heterocycles. The minimum absolute atomic E-state index is 0.143. The molecule has 14 heteroatoms. The molecule has 6 fully saturated rings. The molecule has 0 atom stereocenters. The van der Waals surface area contributed by atoms with Crippen LogP contribution >= 0.6 is 23.2 Å². The van der Waals surface area contributed by atoms with E-state index in [-0.39, 0.29) is 36.1 Å². The van der Waals surface area contributed by atoms with Crippen LogP contribution in [0.15, 0.2) is 48.5 Å². The molecule has 0 amide bonds. The molecule has 0 aliphatic heterocycles. The first kappa shape index (κ1) is 38.3. The van der Waals surface area contributed by atoms with Gasteiger partial charge in [0.05, 0.1) is 25.0 Å². The Bertz CT molecular complexity index is 2070. The Morgan fingerprint density at radius 3 is 1.36 bits per heavy atom. The van der Waals surface area contributed by atoms with E-state index in [4.69, 9.17) is 42.1 Å². The van der Waals surface area contributed by atoms with Gasteiger partial charge in [-0.15, -0.1) is 0 Å². The average molecular weight is 804 g/mol. The van der Waals surface area contributed by atoms with Gasteiger partial charge in [0.2, 0.25) is 23.5 Å². The smallest absolute Gasteiger partial charge is 0.309 e. The molecule has 6 aliphatic rings. The number of carboxylic acid groups (broad SMARTS) is 2. The summed E-state index contributed by atoms with van der Waals surface area (Å²) in [5.74, 6) is -0.103. The van der Waals surface area contributed by atoms with Crippen LogP contribution in [0.4, 0.5) is 0 Å². The molecular formula is C42H44Cl2N4O8. The van der Waals surface area contributed by atoms with Gasteiger partial charge in [0.1, 0.15) is 23.3 Å². The number of nitrogens with one attached hydrogen (secondary N) is 2. The van der Waals surface area contributed by atoms with Crippen molar-refractivity contribution < 1.29 is 38.7 Å². The van der Waals surface area contributed by atoms with Crippen LogP contribution in [0.1, 0.15) is 71.9 Å². The lowest BCUT2D eigenvalue weighted by Crippen LogP contribution is -2.76. The lowest BCUT2D eigenvalue weighted by molar-refractivity contribution is -0.199. The fourth-order valence-electron chi connectivity index (χ4n) is 9.32. The Hall–Kier alpha value is -4.62. The van der Waals surface area contributed by atoms with Crippen LogP contribution in [0, 0.1) is 24.7 Å². The van der Waals surface area contributed by atoms with Crippen LogP contribution < -0.4 is 29.6 Å². The Morgan fingerprint density at radius 1 is 0.643 bits per heavy atom. The van der Waals surface area contributed by atoms with Crippen LogP contribution in [-0.4, -0.2) is 57.4 Å². The summed E-state index contributed by atoms with van der Waals surface area (Å²) >= 11 is 13.3. The van der Waals surface area contributed by atoms with Crippen LogP contribution in [0.2, 0.25) is 10.0 Å². The summed E-state index contributed by atoms with van der Waals surface area (Å²) < 4.78 is 23.5. The molecule has 56 heavy (non-hydrogen) atoms. The van der Waals surface area contributed by atoms with Gasteiger partial charge in [0, 0.05) is 35.3 Å². The highest BCUT2D eigenvalue weighted by atomic mass is 35.5. The lowest BCUT2D eigenvalue weighted by Gasteiger charge is -2.68. The van der Waals surface area contributed by atoms with Gasteiger partial charge in [0.15, 0.2) is 0 Å². The summed E-state index contributed by atoms with van der Waals surface area (Å²) in [6.07, 6.45) is 3.79. The molecule has 12 nitrogen and oxygen atoms in total. The minimum Gasteiger partial charge on any atom is -0.481 e. The van der Waals surface area contributed by atoms with Crippen molar-refractivity contribution in [3.63, 3.8) is 0 Å². The van der Waals surface area contributed by atoms with E-state index in [1.54, 1.807) is 26.4 Å². The summed E-state index contributed by atoms with van der Waals surface area (Å²) in [4.78, 5) is 32.1. The number of aliphatic carboxylic acids is 2. The van der Waals surface area contributed by atoms with Gasteiger partial charge in [-0.2, -0.15) is 9.97 Å². The van der Waals surface area contributed by atoms with Crippen LogP contribution in [-0.2, 0) is 35.9 Å². The van der Waals surface area contributed by atoms with Gasteiger partial charge in [-0.25, -0.2) is 0 Å². The Morgan fingerprint density at radius 2 is 1.02 bits per heavy atom. The lowest BCUT2D eigenvalue weighted by atomic mass is 9.39. The second-order valence-electron chi connectivity index (χ2n) is 16.1. The second-order valence-corrected chi connectivity index (χ2v) is 17.0. The molecule has 294 valence electrons. The normalized spacial score (nSPS) is 25.2. The number of methoxy groups -OCH3 is 2. The van der Waals surface area contributed by atoms with Gasteiger partial charge < -0.3 is 39.8 Å². The van der Waals surface area contributed by atoms with Gasteiger partial charge in [0.25, 0.3) is 0 Å². The van der Waals surface area contributed by atoms with E-state index in [2.05, 4.69) is 46.6 Å². The number of hydrogen-bond donors (Lipinski definition) is 4. The number of carboxylic acids is 2. The third-order valence-electron chi connectivity index (χ3n) is 12.5. The van der Waals surface area contributed by atoms with Crippen molar-refractivity contribution >= 4 is 35.1 Å². The number of aromatic nitrogens is 2. The van der Waals surface area contributed by atoms with E-state index in [0.29, 0.717) is 73.4 Å². The summed E-state index contributed by atoms with van der Waals surface area (Å²) in [6.45, 7) is 5.50. The van der Waals surface area contributed by atoms with Crippen LogP contribution in [0.3, 0.4) is 0 Å². The molecule has 2 heterocycles. The average Bonchev–Trinajstić information content (AvgIpc) is 3.09. The Balaban J connectivity index is 0.908. The van der Waals surface area contributed by atoms with Crippen molar-refractivity contribution in [2.24, 2.45) is 10.8 Å². The third-order valence-corrected chi connectivity index (χ3v) is 13.1. The standard InChI is InChI=1S/C42H44Cl2N4O8/c1-23-25(15-55-35-31(43)11-27(33(47-35)53-3)13-45-41-17-39(18-41,19-41)37(49)50)7-5-9-29(23)30-10-6-8-26(24(30)2)16-56-36-32(44)12-28(34(48-36)54-4)14-46-42-20-40(21-42,22-42)38(51)52/h5-12,45-46H,13-22H2,1-4H3,(H,49,50)(H,51,52). The molecule has 6 aliphatic carbocycles. The molecule has 4 aromatic rings. The first-order valence-electron chi connectivity index (χ1n) is 18.6. The zero-order valence-electron chi connectivity index (χ0n) is 31.7. The molecule has 2 aromatic carbocycles. The van der Waals surface area contributed by atoms with Crippen molar-refractivity contribution in [1.82, 2.24) is 20.6 Å². The Labute approximate surface area is 334 Å². The molecule has 0 unspecified atom stereocenters. The van der Waals surface area contributed by atoms with Crippen LogP contribution in [0.25, 0.3) is 11.1 Å². The highest BCUT2D eigenvalue weighted by Gasteiger charge is 2.72. The fraction of sp³-hybridized carbons (Fsp3) is 0.429. The molecule has 6 saturated carbocycles. The molecule has 0 spiro atoms. The van der Waals surface area contributed by atoms with Crippen molar-refractivity contribution in [2.75, 3.05) is 14.2 Å².